The average Bonchev–Trinajstić information content (AvgIpc) is 3.06. The molecule has 0 spiro atoms. The Balaban J connectivity index is 1.22. The Labute approximate surface area is 283 Å². The minimum atomic E-state index is -1.02. The van der Waals surface area contributed by atoms with Crippen molar-refractivity contribution in [3.05, 3.63) is 94.8 Å². The molecule has 1 fully saturated rings. The highest BCUT2D eigenvalue weighted by atomic mass is 32.2. The highest BCUT2D eigenvalue weighted by Crippen LogP contribution is 2.52. The van der Waals surface area contributed by atoms with E-state index in [9.17, 15) is 14.4 Å². The maximum atomic E-state index is 13.6. The van der Waals surface area contributed by atoms with Gasteiger partial charge in [-0.2, -0.15) is 0 Å². The summed E-state index contributed by atoms with van der Waals surface area (Å²) in [5, 5.41) is 2.99. The van der Waals surface area contributed by atoms with Crippen LogP contribution in [0.2, 0.25) is 0 Å². The van der Waals surface area contributed by atoms with Gasteiger partial charge in [-0.05, 0) is 56.7 Å². The van der Waals surface area contributed by atoms with Crippen molar-refractivity contribution in [2.45, 2.75) is 58.4 Å². The fraction of sp³-hybridized carbons (Fsp3) is 0.306. The van der Waals surface area contributed by atoms with E-state index in [1.54, 1.807) is 36.6 Å². The summed E-state index contributed by atoms with van der Waals surface area (Å²) in [7, 11) is 1.67. The summed E-state index contributed by atoms with van der Waals surface area (Å²) in [5.41, 5.74) is 3.52. The Morgan fingerprint density at radius 1 is 0.957 bits per heavy atom. The number of hydrogen-bond donors (Lipinski definition) is 2. The standard InChI is InChI=1S/C36H38N4O5S2/c1-36(2,3)39(4)35(43)45-28(19-23-9-6-5-7-10-23)34(42)37-24-13-14-29-31(20-24)46-30-12-8-11-26(33(30)47-29)27-21-25(22-32(41)38-27)40-15-17-44-18-16-40/h5-14,20-22,28H,15-19H2,1-4H3,(H,37,42)(H,38,41)/t28-/m0/s1. The lowest BCUT2D eigenvalue weighted by atomic mass is 10.1. The number of aromatic nitrogens is 1. The van der Waals surface area contributed by atoms with Crippen molar-refractivity contribution < 1.29 is 19.1 Å². The molecule has 4 aromatic rings. The molecule has 0 aliphatic carbocycles. The molecular weight excluding hydrogens is 633 g/mol. The first-order valence-electron chi connectivity index (χ1n) is 15.5. The predicted molar refractivity (Wildman–Crippen MR) is 187 cm³/mol. The van der Waals surface area contributed by atoms with E-state index >= 15 is 0 Å². The quantitative estimate of drug-likeness (QED) is 0.193. The van der Waals surface area contributed by atoms with Gasteiger partial charge in [-0.1, -0.05) is 66.0 Å². The van der Waals surface area contributed by atoms with Crippen molar-refractivity contribution >= 4 is 46.9 Å². The van der Waals surface area contributed by atoms with Crippen LogP contribution >= 0.6 is 23.5 Å². The minimum Gasteiger partial charge on any atom is -0.436 e. The fourth-order valence-corrected chi connectivity index (χ4v) is 7.70. The molecule has 0 bridgehead atoms. The zero-order valence-corrected chi connectivity index (χ0v) is 28.5. The van der Waals surface area contributed by atoms with Crippen LogP contribution in [0.1, 0.15) is 26.3 Å². The smallest absolute Gasteiger partial charge is 0.410 e. The lowest BCUT2D eigenvalue weighted by Crippen LogP contribution is -2.46. The van der Waals surface area contributed by atoms with Crippen LogP contribution in [0.3, 0.4) is 0 Å². The molecule has 11 heteroatoms. The van der Waals surface area contributed by atoms with Crippen LogP contribution in [0.5, 0.6) is 0 Å². The van der Waals surface area contributed by atoms with E-state index in [2.05, 4.69) is 21.3 Å². The molecule has 0 saturated carbocycles. The molecule has 2 aliphatic heterocycles. The second-order valence-electron chi connectivity index (χ2n) is 12.5. The summed E-state index contributed by atoms with van der Waals surface area (Å²) in [6.45, 7) is 8.50. The molecule has 2 aliphatic rings. The first kappa shape index (κ1) is 32.7. The minimum absolute atomic E-state index is 0.142. The summed E-state index contributed by atoms with van der Waals surface area (Å²) >= 11 is 3.25. The molecule has 3 aromatic carbocycles. The topological polar surface area (TPSA) is 104 Å². The third-order valence-corrected chi connectivity index (χ3v) is 10.8. The number of ether oxygens (including phenoxy) is 2. The van der Waals surface area contributed by atoms with Crippen molar-refractivity contribution in [1.82, 2.24) is 9.88 Å². The molecule has 1 atom stereocenters. The molecule has 1 aromatic heterocycles. The van der Waals surface area contributed by atoms with Gasteiger partial charge >= 0.3 is 6.09 Å². The van der Waals surface area contributed by atoms with Gasteiger partial charge in [0.05, 0.1) is 18.9 Å². The van der Waals surface area contributed by atoms with E-state index < -0.39 is 23.6 Å². The lowest BCUT2D eigenvalue weighted by Gasteiger charge is -2.32. The number of carbonyl (C=O) groups excluding carboxylic acids is 2. The molecule has 244 valence electrons. The number of carbonyl (C=O) groups is 2. The Hall–Kier alpha value is -4.19. The number of aromatic amines is 1. The first-order valence-corrected chi connectivity index (χ1v) is 17.2. The van der Waals surface area contributed by atoms with Crippen LogP contribution in [0.25, 0.3) is 11.3 Å². The SMILES string of the molecule is CN(C(=O)O[C@@H](Cc1ccccc1)C(=O)Nc1ccc2c(c1)Sc1cccc(-c3cc(N4CCOCC4)cc(=O)[nH]3)c1S2)C(C)(C)C. The van der Waals surface area contributed by atoms with Crippen LogP contribution in [-0.4, -0.2) is 66.9 Å². The molecule has 47 heavy (non-hydrogen) atoms. The van der Waals surface area contributed by atoms with Gasteiger partial charge in [0.1, 0.15) is 0 Å². The van der Waals surface area contributed by atoms with E-state index in [0.29, 0.717) is 18.9 Å². The predicted octanol–water partition coefficient (Wildman–Crippen LogP) is 6.91. The molecule has 0 radical (unpaired) electrons. The number of nitrogens with one attached hydrogen (secondary N) is 2. The van der Waals surface area contributed by atoms with Crippen molar-refractivity contribution in [2.24, 2.45) is 0 Å². The number of fused-ring (bicyclic) bond motifs is 2. The van der Waals surface area contributed by atoms with Gasteiger partial charge in [0, 0.05) is 74.7 Å². The van der Waals surface area contributed by atoms with Crippen LogP contribution in [-0.2, 0) is 20.7 Å². The molecule has 1 saturated heterocycles. The maximum Gasteiger partial charge on any atom is 0.410 e. The van der Waals surface area contributed by atoms with Crippen molar-refractivity contribution in [3.63, 3.8) is 0 Å². The number of hydrogen-bond acceptors (Lipinski definition) is 8. The van der Waals surface area contributed by atoms with E-state index in [-0.39, 0.29) is 12.0 Å². The van der Waals surface area contributed by atoms with Gasteiger partial charge in [0.25, 0.3) is 5.91 Å². The average molecular weight is 671 g/mol. The largest absolute Gasteiger partial charge is 0.436 e. The van der Waals surface area contributed by atoms with E-state index in [4.69, 9.17) is 9.47 Å². The molecule has 9 nitrogen and oxygen atoms in total. The third kappa shape index (κ3) is 7.69. The first-order chi connectivity index (χ1) is 22.5. The van der Waals surface area contributed by atoms with Crippen molar-refractivity contribution in [1.29, 1.82) is 0 Å². The number of rotatable bonds is 7. The monoisotopic (exact) mass is 670 g/mol. The Bertz CT molecular complexity index is 1830. The molecule has 2 N–H and O–H groups in total. The number of nitrogens with zero attached hydrogens (tertiary/aromatic N) is 2. The van der Waals surface area contributed by atoms with E-state index in [1.165, 1.54) is 4.90 Å². The second-order valence-corrected chi connectivity index (χ2v) is 14.6. The van der Waals surface area contributed by atoms with E-state index in [1.807, 2.05) is 87.5 Å². The third-order valence-electron chi connectivity index (χ3n) is 8.20. The number of pyridine rings is 1. The summed E-state index contributed by atoms with van der Waals surface area (Å²) in [4.78, 5) is 50.2. The molecule has 2 amide bonds. The molecule has 0 unspecified atom stereocenters. The molecule has 6 rings (SSSR count). The van der Waals surface area contributed by atoms with Gasteiger partial charge in [-0.3, -0.25) is 9.59 Å². The number of amides is 2. The number of benzene rings is 3. The Morgan fingerprint density at radius 3 is 2.47 bits per heavy atom. The number of anilines is 2. The van der Waals surface area contributed by atoms with E-state index in [0.717, 1.165) is 55.2 Å². The van der Waals surface area contributed by atoms with Crippen LogP contribution < -0.4 is 15.8 Å². The lowest BCUT2D eigenvalue weighted by molar-refractivity contribution is -0.125. The fourth-order valence-electron chi connectivity index (χ4n) is 5.28. The highest BCUT2D eigenvalue weighted by molar-refractivity contribution is 8.05. The Kier molecular flexibility index (Phi) is 9.67. The molecule has 3 heterocycles. The number of H-pyrrole nitrogens is 1. The normalized spacial score (nSPS) is 14.9. The Morgan fingerprint density at radius 2 is 1.72 bits per heavy atom. The number of morpholine rings is 1. The van der Waals surface area contributed by atoms with Crippen LogP contribution in [0.4, 0.5) is 16.2 Å². The van der Waals surface area contributed by atoms with Gasteiger partial charge in [0.2, 0.25) is 5.56 Å². The van der Waals surface area contributed by atoms with Crippen LogP contribution in [0, 0.1) is 0 Å². The van der Waals surface area contributed by atoms with Gasteiger partial charge in [-0.15, -0.1) is 0 Å². The summed E-state index contributed by atoms with van der Waals surface area (Å²) in [6, 6.07) is 25.1. The summed E-state index contributed by atoms with van der Waals surface area (Å²) in [5.74, 6) is -0.398. The highest BCUT2D eigenvalue weighted by Gasteiger charge is 2.30. The van der Waals surface area contributed by atoms with Crippen LogP contribution in [0.15, 0.2) is 103 Å². The second kappa shape index (κ2) is 13.9. The van der Waals surface area contributed by atoms with Crippen molar-refractivity contribution in [3.8, 4) is 11.3 Å². The molecular formula is C36H38N4O5S2. The van der Waals surface area contributed by atoms with Gasteiger partial charge in [0.15, 0.2) is 6.10 Å². The zero-order chi connectivity index (χ0) is 33.1. The summed E-state index contributed by atoms with van der Waals surface area (Å²) < 4.78 is 11.3. The zero-order valence-electron chi connectivity index (χ0n) is 26.9. The van der Waals surface area contributed by atoms with Crippen molar-refractivity contribution in [2.75, 3.05) is 43.6 Å². The van der Waals surface area contributed by atoms with Gasteiger partial charge < -0.3 is 29.6 Å². The maximum absolute atomic E-state index is 13.6. The summed E-state index contributed by atoms with van der Waals surface area (Å²) in [6.07, 6.45) is -1.33. The van der Waals surface area contributed by atoms with Gasteiger partial charge in [-0.25, -0.2) is 4.79 Å².